The van der Waals surface area contributed by atoms with Crippen molar-refractivity contribution < 1.29 is 0 Å². The van der Waals surface area contributed by atoms with Crippen LogP contribution in [0.4, 0.5) is 17.1 Å². The zero-order valence-corrected chi connectivity index (χ0v) is 37.9. The summed E-state index contributed by atoms with van der Waals surface area (Å²) in [5.74, 6) is 1.36. The van der Waals surface area contributed by atoms with Gasteiger partial charge in [0.1, 0.15) is 0 Å². The Kier molecular flexibility index (Phi) is 10.1. The van der Waals surface area contributed by atoms with E-state index in [-0.39, 0.29) is 5.41 Å². The number of anilines is 3. The highest BCUT2D eigenvalue weighted by atomic mass is 15.1. The summed E-state index contributed by atoms with van der Waals surface area (Å²) in [5, 5.41) is 2.84. The predicted octanol–water partition coefficient (Wildman–Crippen LogP) is 18.0. The second kappa shape index (κ2) is 16.4. The highest BCUT2D eigenvalue weighted by Crippen LogP contribution is 2.52. The lowest BCUT2D eigenvalue weighted by Crippen LogP contribution is -2.17. The standard InChI is InChI=1S/C63H58N2/c1-63(2)59-41-53(64(51-21-13-6-14-22-51)52-31-27-48(28-32-52)47-25-23-46(24-26-47)43-15-7-3-8-16-43)33-35-55(59)56-36-34-54(42-60(56)63)65-61-37-29-49(44-17-9-4-10-18-44)39-57(61)58-40-50(30-38-62(58)65)45-19-11-5-12-20-45/h3,6-8,13-16,21-42,44-45H,4-5,9-12,17-20H2,1-2H3. The Balaban J connectivity index is 0.908. The monoisotopic (exact) mass is 842 g/mol. The normalized spacial score (nSPS) is 16.2. The zero-order chi connectivity index (χ0) is 43.5. The van der Waals surface area contributed by atoms with Crippen molar-refractivity contribution in [2.75, 3.05) is 4.90 Å². The molecule has 2 heteroatoms. The van der Waals surface area contributed by atoms with Crippen LogP contribution in [0.25, 0.3) is 60.9 Å². The summed E-state index contributed by atoms with van der Waals surface area (Å²) in [6.07, 6.45) is 13.5. The van der Waals surface area contributed by atoms with Gasteiger partial charge in [-0.25, -0.2) is 0 Å². The van der Waals surface area contributed by atoms with Gasteiger partial charge in [0.15, 0.2) is 0 Å². The molecule has 3 aliphatic carbocycles. The van der Waals surface area contributed by atoms with E-state index in [9.17, 15) is 0 Å². The second-order valence-electron chi connectivity index (χ2n) is 19.8. The minimum atomic E-state index is -0.199. The summed E-state index contributed by atoms with van der Waals surface area (Å²) in [6.45, 7) is 4.85. The topological polar surface area (TPSA) is 8.17 Å². The van der Waals surface area contributed by atoms with E-state index in [1.807, 2.05) is 0 Å². The van der Waals surface area contributed by atoms with Crippen molar-refractivity contribution >= 4 is 38.9 Å². The van der Waals surface area contributed by atoms with Crippen LogP contribution in [0.3, 0.4) is 0 Å². The van der Waals surface area contributed by atoms with Crippen LogP contribution in [0.1, 0.15) is 112 Å². The van der Waals surface area contributed by atoms with E-state index in [0.29, 0.717) is 11.8 Å². The van der Waals surface area contributed by atoms with Crippen molar-refractivity contribution in [2.24, 2.45) is 0 Å². The van der Waals surface area contributed by atoms with Crippen LogP contribution in [0.2, 0.25) is 0 Å². The van der Waals surface area contributed by atoms with Gasteiger partial charge in [-0.3, -0.25) is 0 Å². The van der Waals surface area contributed by atoms with Crippen LogP contribution in [0.5, 0.6) is 0 Å². The molecule has 0 aliphatic heterocycles. The summed E-state index contributed by atoms with van der Waals surface area (Å²) in [6, 6.07) is 68.9. The average molecular weight is 843 g/mol. The van der Waals surface area contributed by atoms with Gasteiger partial charge in [-0.2, -0.15) is 0 Å². The van der Waals surface area contributed by atoms with E-state index in [2.05, 4.69) is 205 Å². The number of rotatable bonds is 8. The second-order valence-corrected chi connectivity index (χ2v) is 19.8. The van der Waals surface area contributed by atoms with Gasteiger partial charge < -0.3 is 9.47 Å². The summed E-state index contributed by atoms with van der Waals surface area (Å²) in [4.78, 5) is 2.41. The number of nitrogens with zero attached hydrogens (tertiary/aromatic N) is 2. The quantitative estimate of drug-likeness (QED) is 0.148. The number of para-hydroxylation sites is 1. The molecule has 2 saturated carbocycles. The molecule has 0 spiro atoms. The molecule has 1 heterocycles. The molecular formula is C63H58N2. The van der Waals surface area contributed by atoms with Gasteiger partial charge >= 0.3 is 0 Å². The highest BCUT2D eigenvalue weighted by molar-refractivity contribution is 6.10. The Labute approximate surface area is 385 Å². The number of hydrogen-bond donors (Lipinski definition) is 0. The number of hydrogen-bond acceptors (Lipinski definition) is 1. The van der Waals surface area contributed by atoms with Gasteiger partial charge in [-0.15, -0.1) is 0 Å². The van der Waals surface area contributed by atoms with Crippen molar-refractivity contribution in [3.8, 4) is 39.1 Å². The maximum Gasteiger partial charge on any atom is 0.0541 e. The van der Waals surface area contributed by atoms with Gasteiger partial charge in [0.25, 0.3) is 0 Å². The number of aromatic nitrogens is 1. The van der Waals surface area contributed by atoms with Gasteiger partial charge in [-0.1, -0.05) is 162 Å². The molecule has 3 aliphatic rings. The SMILES string of the molecule is CC1(C)c2cc(N(c3ccccc3)c3ccc(-c4ccc(-c5ccccc5)cc4)cc3)ccc2-c2ccc(-n3c4ccc(C5CCCCC5)cc4c4cc(C5CCCCC5)ccc43)cc21. The molecule has 320 valence electrons. The van der Waals surface area contributed by atoms with Crippen molar-refractivity contribution in [1.29, 1.82) is 0 Å². The Bertz CT molecular complexity index is 3080. The van der Waals surface area contributed by atoms with Gasteiger partial charge in [0.2, 0.25) is 0 Å². The Hall–Kier alpha value is -6.64. The molecule has 0 N–H and O–H groups in total. The molecular weight excluding hydrogens is 785 g/mol. The fourth-order valence-corrected chi connectivity index (χ4v) is 12.0. The Morgan fingerprint density at radius 1 is 0.400 bits per heavy atom. The molecule has 0 radical (unpaired) electrons. The largest absolute Gasteiger partial charge is 0.310 e. The lowest BCUT2D eigenvalue weighted by molar-refractivity contribution is 0.444. The van der Waals surface area contributed by atoms with Crippen LogP contribution in [0.15, 0.2) is 182 Å². The van der Waals surface area contributed by atoms with Crippen molar-refractivity contribution in [1.82, 2.24) is 4.57 Å². The van der Waals surface area contributed by atoms with Crippen molar-refractivity contribution in [3.05, 3.63) is 204 Å². The van der Waals surface area contributed by atoms with E-state index in [0.717, 1.165) is 11.4 Å². The maximum absolute atomic E-state index is 2.58. The van der Waals surface area contributed by atoms with Crippen molar-refractivity contribution in [3.63, 3.8) is 0 Å². The summed E-state index contributed by atoms with van der Waals surface area (Å²) in [5.41, 5.74) is 20.6. The third-order valence-corrected chi connectivity index (χ3v) is 15.6. The van der Waals surface area contributed by atoms with E-state index in [1.54, 1.807) is 0 Å². The molecule has 65 heavy (non-hydrogen) atoms. The third kappa shape index (κ3) is 7.10. The number of fused-ring (bicyclic) bond motifs is 6. The van der Waals surface area contributed by atoms with Crippen molar-refractivity contribution in [2.45, 2.75) is 95.3 Å². The van der Waals surface area contributed by atoms with Gasteiger partial charge in [-0.05, 0) is 166 Å². The summed E-state index contributed by atoms with van der Waals surface area (Å²) < 4.78 is 2.57. The molecule has 0 atom stereocenters. The zero-order valence-electron chi connectivity index (χ0n) is 37.9. The van der Waals surface area contributed by atoms with Gasteiger partial charge in [0, 0.05) is 38.9 Å². The first-order valence-electron chi connectivity index (χ1n) is 24.5. The Morgan fingerprint density at radius 3 is 1.40 bits per heavy atom. The first kappa shape index (κ1) is 39.9. The fourth-order valence-electron chi connectivity index (χ4n) is 12.0. The highest BCUT2D eigenvalue weighted by Gasteiger charge is 2.37. The molecule has 2 nitrogen and oxygen atoms in total. The lowest BCUT2D eigenvalue weighted by atomic mass is 9.82. The average Bonchev–Trinajstić information content (AvgIpc) is 3.82. The molecule has 0 bridgehead atoms. The molecule has 12 rings (SSSR count). The molecule has 1 aromatic heterocycles. The number of benzene rings is 8. The minimum absolute atomic E-state index is 0.199. The first-order chi connectivity index (χ1) is 32.0. The van der Waals surface area contributed by atoms with E-state index in [4.69, 9.17) is 0 Å². The summed E-state index contributed by atoms with van der Waals surface area (Å²) >= 11 is 0. The van der Waals surface area contributed by atoms with Crippen LogP contribution in [0, 0.1) is 0 Å². The molecule has 0 unspecified atom stereocenters. The van der Waals surface area contributed by atoms with Crippen LogP contribution in [-0.4, -0.2) is 4.57 Å². The molecule has 0 saturated heterocycles. The third-order valence-electron chi connectivity index (χ3n) is 15.6. The first-order valence-corrected chi connectivity index (χ1v) is 24.5. The van der Waals surface area contributed by atoms with E-state index >= 15 is 0 Å². The van der Waals surface area contributed by atoms with Crippen LogP contribution >= 0.6 is 0 Å². The fraction of sp³-hybridized carbons (Fsp3) is 0.238. The minimum Gasteiger partial charge on any atom is -0.310 e. The Morgan fingerprint density at radius 2 is 0.846 bits per heavy atom. The van der Waals surface area contributed by atoms with Crippen LogP contribution in [-0.2, 0) is 5.41 Å². The molecule has 8 aromatic carbocycles. The smallest absolute Gasteiger partial charge is 0.0541 e. The van der Waals surface area contributed by atoms with E-state index < -0.39 is 0 Å². The molecule has 0 amide bonds. The lowest BCUT2D eigenvalue weighted by Gasteiger charge is -2.28. The maximum atomic E-state index is 2.58. The van der Waals surface area contributed by atoms with E-state index in [1.165, 1.54) is 153 Å². The summed E-state index contributed by atoms with van der Waals surface area (Å²) in [7, 11) is 0. The molecule has 9 aromatic rings. The van der Waals surface area contributed by atoms with Gasteiger partial charge in [0.05, 0.1) is 11.0 Å². The molecule has 2 fully saturated rings. The van der Waals surface area contributed by atoms with Crippen LogP contribution < -0.4 is 4.90 Å². The predicted molar refractivity (Wildman–Crippen MR) is 276 cm³/mol.